The number of carbonyl (C=O) groups excluding carboxylic acids is 1. The minimum Gasteiger partial charge on any atom is -0.456 e. The zero-order valence-corrected chi connectivity index (χ0v) is 10.8. The zero-order valence-electron chi connectivity index (χ0n) is 10.8. The van der Waals surface area contributed by atoms with Gasteiger partial charge >= 0.3 is 5.97 Å². The lowest BCUT2D eigenvalue weighted by atomic mass is 9.98. The van der Waals surface area contributed by atoms with E-state index in [1.165, 1.54) is 0 Å². The molecule has 1 rings (SSSR count). The second-order valence-corrected chi connectivity index (χ2v) is 4.63. The van der Waals surface area contributed by atoms with Gasteiger partial charge in [0.2, 0.25) is 0 Å². The molecule has 0 radical (unpaired) electrons. The molecule has 94 valence electrons. The Morgan fingerprint density at radius 3 is 2.53 bits per heavy atom. The Hall–Kier alpha value is -1.35. The van der Waals surface area contributed by atoms with Crippen LogP contribution in [-0.2, 0) is 9.53 Å². The molecule has 0 aliphatic heterocycles. The molecule has 0 spiro atoms. The van der Waals surface area contributed by atoms with Crippen LogP contribution >= 0.6 is 0 Å². The highest BCUT2D eigenvalue weighted by Crippen LogP contribution is 2.20. The van der Waals surface area contributed by atoms with E-state index in [2.05, 4.69) is 0 Å². The van der Waals surface area contributed by atoms with Gasteiger partial charge in [-0.1, -0.05) is 43.7 Å². The van der Waals surface area contributed by atoms with Gasteiger partial charge in [0, 0.05) is 0 Å². The van der Waals surface area contributed by atoms with Gasteiger partial charge in [-0.25, -0.2) is 0 Å². The Bertz CT molecular complexity index is 360. The first-order chi connectivity index (χ1) is 7.97. The summed E-state index contributed by atoms with van der Waals surface area (Å²) >= 11 is 0. The van der Waals surface area contributed by atoms with Crippen molar-refractivity contribution in [1.29, 1.82) is 0 Å². The lowest BCUT2D eigenvalue weighted by Gasteiger charge is -2.24. The predicted molar refractivity (Wildman–Crippen MR) is 68.4 cm³/mol. The maximum absolute atomic E-state index is 11.9. The normalized spacial score (nSPS) is 16.0. The van der Waals surface area contributed by atoms with E-state index in [9.17, 15) is 4.79 Å². The number of esters is 1. The fraction of sp³-hybridized carbons (Fsp3) is 0.500. The number of rotatable bonds is 5. The van der Waals surface area contributed by atoms with Gasteiger partial charge in [-0.2, -0.15) is 0 Å². The van der Waals surface area contributed by atoms with Crippen molar-refractivity contribution < 1.29 is 9.53 Å². The quantitative estimate of drug-likeness (QED) is 0.798. The van der Waals surface area contributed by atoms with Crippen molar-refractivity contribution in [3.63, 3.8) is 0 Å². The van der Waals surface area contributed by atoms with Gasteiger partial charge in [-0.3, -0.25) is 4.79 Å². The summed E-state index contributed by atoms with van der Waals surface area (Å²) in [5.41, 5.74) is 6.01. The van der Waals surface area contributed by atoms with Crippen LogP contribution in [0.5, 0.6) is 0 Å². The summed E-state index contributed by atoms with van der Waals surface area (Å²) in [5.74, 6) is -0.337. The highest BCUT2D eigenvalue weighted by Gasteiger charge is 2.30. The summed E-state index contributed by atoms with van der Waals surface area (Å²) in [6.45, 7) is 5.57. The fourth-order valence-corrected chi connectivity index (χ4v) is 1.71. The summed E-state index contributed by atoms with van der Waals surface area (Å²) in [4.78, 5) is 11.9. The smallest absolute Gasteiger partial charge is 0.326 e. The van der Waals surface area contributed by atoms with E-state index in [0.29, 0.717) is 6.42 Å². The maximum Gasteiger partial charge on any atom is 0.326 e. The Morgan fingerprint density at radius 2 is 2.00 bits per heavy atom. The number of carbonyl (C=O) groups is 1. The summed E-state index contributed by atoms with van der Waals surface area (Å²) in [5, 5.41) is 0. The Morgan fingerprint density at radius 1 is 1.41 bits per heavy atom. The highest BCUT2D eigenvalue weighted by molar-refractivity contribution is 5.80. The summed E-state index contributed by atoms with van der Waals surface area (Å²) < 4.78 is 5.39. The first-order valence-electron chi connectivity index (χ1n) is 6.02. The minimum absolute atomic E-state index is 0.261. The molecule has 3 heteroatoms. The lowest BCUT2D eigenvalue weighted by molar-refractivity contribution is -0.154. The molecule has 0 saturated carbocycles. The SMILES string of the molecule is CCCC(C)(N)C(=O)OC(C)c1ccccc1. The average Bonchev–Trinajstić information content (AvgIpc) is 2.30. The first-order valence-corrected chi connectivity index (χ1v) is 6.02. The van der Waals surface area contributed by atoms with Crippen LogP contribution in [0.3, 0.4) is 0 Å². The molecule has 0 heterocycles. The lowest BCUT2D eigenvalue weighted by Crippen LogP contribution is -2.46. The molecule has 1 aromatic rings. The molecule has 0 fully saturated rings. The molecule has 0 aliphatic rings. The number of nitrogens with two attached hydrogens (primary N) is 1. The molecule has 1 aromatic carbocycles. The van der Waals surface area contributed by atoms with Crippen molar-refractivity contribution in [3.8, 4) is 0 Å². The number of benzene rings is 1. The van der Waals surface area contributed by atoms with E-state index in [1.54, 1.807) is 6.92 Å². The van der Waals surface area contributed by atoms with Crippen molar-refractivity contribution in [2.75, 3.05) is 0 Å². The van der Waals surface area contributed by atoms with Crippen molar-refractivity contribution in [3.05, 3.63) is 35.9 Å². The molecule has 0 aromatic heterocycles. The van der Waals surface area contributed by atoms with Gasteiger partial charge in [0.15, 0.2) is 0 Å². The topological polar surface area (TPSA) is 52.3 Å². The van der Waals surface area contributed by atoms with Crippen LogP contribution in [0.25, 0.3) is 0 Å². The highest BCUT2D eigenvalue weighted by atomic mass is 16.5. The molecule has 2 unspecified atom stereocenters. The van der Waals surface area contributed by atoms with E-state index in [4.69, 9.17) is 10.5 Å². The van der Waals surface area contributed by atoms with Crippen LogP contribution < -0.4 is 5.73 Å². The van der Waals surface area contributed by atoms with Crippen molar-refractivity contribution in [2.45, 2.75) is 45.3 Å². The standard InChI is InChI=1S/C14H21NO2/c1-4-10-14(3,15)13(16)17-11(2)12-8-6-5-7-9-12/h5-9,11H,4,10,15H2,1-3H3. The largest absolute Gasteiger partial charge is 0.456 e. The molecule has 3 nitrogen and oxygen atoms in total. The average molecular weight is 235 g/mol. The van der Waals surface area contributed by atoms with Crippen LogP contribution in [0.1, 0.15) is 45.3 Å². The third-order valence-corrected chi connectivity index (χ3v) is 2.79. The van der Waals surface area contributed by atoms with Crippen molar-refractivity contribution in [1.82, 2.24) is 0 Å². The molecule has 2 atom stereocenters. The van der Waals surface area contributed by atoms with Gasteiger partial charge in [0.25, 0.3) is 0 Å². The van der Waals surface area contributed by atoms with Crippen LogP contribution in [0.15, 0.2) is 30.3 Å². The fourth-order valence-electron chi connectivity index (χ4n) is 1.71. The van der Waals surface area contributed by atoms with Crippen molar-refractivity contribution in [2.24, 2.45) is 5.73 Å². The Labute approximate surface area is 103 Å². The van der Waals surface area contributed by atoms with E-state index in [1.807, 2.05) is 44.2 Å². The second kappa shape index (κ2) is 5.82. The van der Waals surface area contributed by atoms with Crippen LogP contribution in [0, 0.1) is 0 Å². The van der Waals surface area contributed by atoms with E-state index in [-0.39, 0.29) is 12.1 Å². The molecule has 0 aliphatic carbocycles. The van der Waals surface area contributed by atoms with Gasteiger partial charge in [-0.15, -0.1) is 0 Å². The molecule has 0 amide bonds. The molecule has 2 N–H and O–H groups in total. The summed E-state index contributed by atoms with van der Waals surface area (Å²) in [6, 6.07) is 9.65. The van der Waals surface area contributed by atoms with Crippen LogP contribution in [0.2, 0.25) is 0 Å². The van der Waals surface area contributed by atoms with Gasteiger partial charge in [0.1, 0.15) is 11.6 Å². The maximum atomic E-state index is 11.9. The van der Waals surface area contributed by atoms with Crippen molar-refractivity contribution >= 4 is 5.97 Å². The third kappa shape index (κ3) is 3.86. The van der Waals surface area contributed by atoms with Crippen LogP contribution in [-0.4, -0.2) is 11.5 Å². The molecular weight excluding hydrogens is 214 g/mol. The summed E-state index contributed by atoms with van der Waals surface area (Å²) in [6.07, 6.45) is 1.23. The first kappa shape index (κ1) is 13.7. The third-order valence-electron chi connectivity index (χ3n) is 2.79. The monoisotopic (exact) mass is 235 g/mol. The Kier molecular flexibility index (Phi) is 4.70. The zero-order chi connectivity index (χ0) is 12.9. The summed E-state index contributed by atoms with van der Waals surface area (Å²) in [7, 11) is 0. The molecule has 0 saturated heterocycles. The number of hydrogen-bond acceptors (Lipinski definition) is 3. The molecular formula is C14H21NO2. The van der Waals surface area contributed by atoms with Crippen LogP contribution in [0.4, 0.5) is 0 Å². The minimum atomic E-state index is -0.891. The van der Waals surface area contributed by atoms with Gasteiger partial charge in [0.05, 0.1) is 0 Å². The predicted octanol–water partition coefficient (Wildman–Crippen LogP) is 2.81. The van der Waals surface area contributed by atoms with E-state index in [0.717, 1.165) is 12.0 Å². The van der Waals surface area contributed by atoms with Gasteiger partial charge in [-0.05, 0) is 25.8 Å². The molecule has 0 bridgehead atoms. The number of ether oxygens (including phenoxy) is 1. The van der Waals surface area contributed by atoms with E-state index < -0.39 is 5.54 Å². The Balaban J connectivity index is 2.63. The number of hydrogen-bond donors (Lipinski definition) is 1. The van der Waals surface area contributed by atoms with E-state index >= 15 is 0 Å². The molecule has 17 heavy (non-hydrogen) atoms. The van der Waals surface area contributed by atoms with Gasteiger partial charge < -0.3 is 10.5 Å². The second-order valence-electron chi connectivity index (χ2n) is 4.63.